The van der Waals surface area contributed by atoms with Crippen molar-refractivity contribution in [1.29, 1.82) is 0 Å². The highest BCUT2D eigenvalue weighted by Gasteiger charge is 2.15. The van der Waals surface area contributed by atoms with Crippen LogP contribution < -0.4 is 4.90 Å². The molecule has 0 saturated carbocycles. The molecular formula is C15H18N4. The van der Waals surface area contributed by atoms with Crippen molar-refractivity contribution in [2.45, 2.75) is 0 Å². The van der Waals surface area contributed by atoms with E-state index in [2.05, 4.69) is 26.8 Å². The van der Waals surface area contributed by atoms with Gasteiger partial charge < -0.3 is 9.80 Å². The fourth-order valence-electron chi connectivity index (χ4n) is 2.29. The fraction of sp³-hybridized carbons (Fsp3) is 0.333. The van der Waals surface area contributed by atoms with Crippen LogP contribution in [-0.2, 0) is 0 Å². The van der Waals surface area contributed by atoms with Crippen LogP contribution in [-0.4, -0.2) is 48.1 Å². The molecule has 1 aromatic heterocycles. The van der Waals surface area contributed by atoms with Crippen LogP contribution in [0.5, 0.6) is 0 Å². The van der Waals surface area contributed by atoms with E-state index >= 15 is 0 Å². The zero-order valence-electron chi connectivity index (χ0n) is 11.2. The standard InChI is InChI=1S/C15H18N4/c1-18-9-11-19(12-10-18)14-7-8-16-15(17-14)13-5-3-2-4-6-13/h2-8H,9-12H2,1H3. The molecule has 0 radical (unpaired) electrons. The van der Waals surface area contributed by atoms with Crippen molar-refractivity contribution < 1.29 is 0 Å². The van der Waals surface area contributed by atoms with Gasteiger partial charge in [-0.25, -0.2) is 9.97 Å². The van der Waals surface area contributed by atoms with E-state index in [9.17, 15) is 0 Å². The number of likely N-dealkylation sites (N-methyl/N-ethyl adjacent to an activating group) is 1. The van der Waals surface area contributed by atoms with Crippen LogP contribution >= 0.6 is 0 Å². The molecule has 1 saturated heterocycles. The smallest absolute Gasteiger partial charge is 0.161 e. The van der Waals surface area contributed by atoms with Gasteiger partial charge in [-0.1, -0.05) is 30.3 Å². The van der Waals surface area contributed by atoms with Gasteiger partial charge in [0.25, 0.3) is 0 Å². The van der Waals surface area contributed by atoms with E-state index in [1.165, 1.54) is 0 Å². The summed E-state index contributed by atoms with van der Waals surface area (Å²) < 4.78 is 0. The average molecular weight is 254 g/mol. The van der Waals surface area contributed by atoms with Crippen LogP contribution in [0.15, 0.2) is 42.6 Å². The summed E-state index contributed by atoms with van der Waals surface area (Å²) in [6, 6.07) is 12.1. The van der Waals surface area contributed by atoms with Crippen molar-refractivity contribution in [3.63, 3.8) is 0 Å². The number of hydrogen-bond donors (Lipinski definition) is 0. The molecule has 0 bridgehead atoms. The summed E-state index contributed by atoms with van der Waals surface area (Å²) >= 11 is 0. The largest absolute Gasteiger partial charge is 0.354 e. The van der Waals surface area contributed by atoms with E-state index in [0.29, 0.717) is 0 Å². The van der Waals surface area contributed by atoms with E-state index in [0.717, 1.165) is 43.4 Å². The van der Waals surface area contributed by atoms with Crippen LogP contribution in [0.3, 0.4) is 0 Å². The van der Waals surface area contributed by atoms with Crippen molar-refractivity contribution in [3.8, 4) is 11.4 Å². The minimum Gasteiger partial charge on any atom is -0.354 e. The van der Waals surface area contributed by atoms with E-state index in [1.807, 2.05) is 42.6 Å². The van der Waals surface area contributed by atoms with Gasteiger partial charge in [-0.15, -0.1) is 0 Å². The second-order valence-corrected chi connectivity index (χ2v) is 4.89. The van der Waals surface area contributed by atoms with Crippen LogP contribution in [0.2, 0.25) is 0 Å². The van der Waals surface area contributed by atoms with Gasteiger partial charge in [-0.05, 0) is 13.1 Å². The highest BCUT2D eigenvalue weighted by Crippen LogP contribution is 2.18. The van der Waals surface area contributed by atoms with Crippen molar-refractivity contribution in [2.75, 3.05) is 38.1 Å². The number of piperazine rings is 1. The fourth-order valence-corrected chi connectivity index (χ4v) is 2.29. The van der Waals surface area contributed by atoms with Gasteiger partial charge in [0.15, 0.2) is 5.82 Å². The van der Waals surface area contributed by atoms with Gasteiger partial charge in [0.1, 0.15) is 5.82 Å². The molecule has 4 heteroatoms. The summed E-state index contributed by atoms with van der Waals surface area (Å²) in [5, 5.41) is 0. The Labute approximate surface area is 113 Å². The molecule has 1 aliphatic rings. The predicted octanol–water partition coefficient (Wildman–Crippen LogP) is 1.90. The first-order valence-electron chi connectivity index (χ1n) is 6.65. The van der Waals surface area contributed by atoms with Gasteiger partial charge >= 0.3 is 0 Å². The summed E-state index contributed by atoms with van der Waals surface area (Å²) in [5.41, 5.74) is 1.07. The Morgan fingerprint density at radius 1 is 0.947 bits per heavy atom. The molecular weight excluding hydrogens is 236 g/mol. The Morgan fingerprint density at radius 2 is 1.68 bits per heavy atom. The lowest BCUT2D eigenvalue weighted by molar-refractivity contribution is 0.312. The Kier molecular flexibility index (Phi) is 3.42. The maximum Gasteiger partial charge on any atom is 0.161 e. The second-order valence-electron chi connectivity index (χ2n) is 4.89. The SMILES string of the molecule is CN1CCN(c2ccnc(-c3ccccc3)n2)CC1. The molecule has 2 heterocycles. The molecule has 0 spiro atoms. The molecule has 0 unspecified atom stereocenters. The number of anilines is 1. The average Bonchev–Trinajstić information content (AvgIpc) is 2.49. The monoisotopic (exact) mass is 254 g/mol. The molecule has 1 aromatic carbocycles. The maximum absolute atomic E-state index is 4.69. The number of rotatable bonds is 2. The Bertz CT molecular complexity index is 533. The first-order valence-corrected chi connectivity index (χ1v) is 6.65. The predicted molar refractivity (Wildman–Crippen MR) is 77.2 cm³/mol. The highest BCUT2D eigenvalue weighted by atomic mass is 15.3. The zero-order valence-corrected chi connectivity index (χ0v) is 11.2. The summed E-state index contributed by atoms with van der Waals surface area (Å²) in [6.45, 7) is 4.23. The molecule has 4 nitrogen and oxygen atoms in total. The lowest BCUT2D eigenvalue weighted by atomic mass is 10.2. The summed E-state index contributed by atoms with van der Waals surface area (Å²) in [5.74, 6) is 1.83. The van der Waals surface area contributed by atoms with Crippen molar-refractivity contribution in [2.24, 2.45) is 0 Å². The van der Waals surface area contributed by atoms with Gasteiger partial charge in [-0.3, -0.25) is 0 Å². The topological polar surface area (TPSA) is 32.3 Å². The third kappa shape index (κ3) is 2.74. The molecule has 19 heavy (non-hydrogen) atoms. The van der Waals surface area contributed by atoms with Gasteiger partial charge in [0, 0.05) is 37.9 Å². The van der Waals surface area contributed by atoms with Crippen LogP contribution in [0, 0.1) is 0 Å². The quantitative estimate of drug-likeness (QED) is 0.819. The van der Waals surface area contributed by atoms with Crippen molar-refractivity contribution >= 4 is 5.82 Å². The molecule has 1 aliphatic heterocycles. The molecule has 1 fully saturated rings. The molecule has 0 N–H and O–H groups in total. The summed E-state index contributed by atoms with van der Waals surface area (Å²) in [7, 11) is 2.16. The highest BCUT2D eigenvalue weighted by molar-refractivity contribution is 5.57. The number of benzene rings is 1. The molecule has 0 amide bonds. The summed E-state index contributed by atoms with van der Waals surface area (Å²) in [6.07, 6.45) is 1.85. The number of hydrogen-bond acceptors (Lipinski definition) is 4. The third-order valence-corrected chi connectivity index (χ3v) is 3.50. The molecule has 3 rings (SSSR count). The molecule has 2 aromatic rings. The molecule has 98 valence electrons. The van der Waals surface area contributed by atoms with E-state index in [1.54, 1.807) is 0 Å². The minimum absolute atomic E-state index is 0.803. The lowest BCUT2D eigenvalue weighted by Gasteiger charge is -2.33. The van der Waals surface area contributed by atoms with Crippen LogP contribution in [0.1, 0.15) is 0 Å². The first-order chi connectivity index (χ1) is 9.33. The van der Waals surface area contributed by atoms with Crippen LogP contribution in [0.4, 0.5) is 5.82 Å². The Balaban J connectivity index is 1.84. The molecule has 0 aliphatic carbocycles. The normalized spacial score (nSPS) is 16.6. The minimum atomic E-state index is 0.803. The molecule has 0 atom stereocenters. The van der Waals surface area contributed by atoms with Crippen LogP contribution in [0.25, 0.3) is 11.4 Å². The Hall–Kier alpha value is -1.94. The first kappa shape index (κ1) is 12.1. The maximum atomic E-state index is 4.69. The van der Waals surface area contributed by atoms with Crippen molar-refractivity contribution in [1.82, 2.24) is 14.9 Å². The zero-order chi connectivity index (χ0) is 13.1. The van der Waals surface area contributed by atoms with Gasteiger partial charge in [0.2, 0.25) is 0 Å². The Morgan fingerprint density at radius 3 is 2.42 bits per heavy atom. The van der Waals surface area contributed by atoms with Crippen molar-refractivity contribution in [3.05, 3.63) is 42.6 Å². The van der Waals surface area contributed by atoms with E-state index < -0.39 is 0 Å². The summed E-state index contributed by atoms with van der Waals surface area (Å²) in [4.78, 5) is 13.7. The van der Waals surface area contributed by atoms with Gasteiger partial charge in [0.05, 0.1) is 0 Å². The lowest BCUT2D eigenvalue weighted by Crippen LogP contribution is -2.44. The second kappa shape index (κ2) is 5.36. The number of aromatic nitrogens is 2. The third-order valence-electron chi connectivity index (χ3n) is 3.50. The van der Waals surface area contributed by atoms with Gasteiger partial charge in [-0.2, -0.15) is 0 Å². The number of nitrogens with zero attached hydrogens (tertiary/aromatic N) is 4. The van der Waals surface area contributed by atoms with E-state index in [4.69, 9.17) is 0 Å². The van der Waals surface area contributed by atoms with E-state index in [-0.39, 0.29) is 0 Å².